The van der Waals surface area contributed by atoms with Crippen LogP contribution >= 0.6 is 11.3 Å². The molecule has 1 aromatic carbocycles. The van der Waals surface area contributed by atoms with Gasteiger partial charge in [0.15, 0.2) is 22.5 Å². The maximum absolute atomic E-state index is 14.3. The Balaban J connectivity index is 1.87. The van der Waals surface area contributed by atoms with Gasteiger partial charge in [-0.05, 0) is 24.6 Å². The van der Waals surface area contributed by atoms with Crippen molar-refractivity contribution in [2.24, 2.45) is 4.99 Å². The number of ether oxygens (including phenoxy) is 3. The number of halogens is 2. The maximum atomic E-state index is 14.3. The van der Waals surface area contributed by atoms with Crippen molar-refractivity contribution in [2.45, 2.75) is 18.5 Å². The van der Waals surface area contributed by atoms with Crippen molar-refractivity contribution in [3.8, 4) is 0 Å². The summed E-state index contributed by atoms with van der Waals surface area (Å²) >= 11 is 1.32. The average Bonchev–Trinajstić information content (AvgIpc) is 3.40. The SMILES string of the molecule is COC(=O)C1=C(CN2CCOCC2C(=O)OC)NC(c2nccs2)=NC1(C)c1ccc(F)c(F)c1. The minimum absolute atomic E-state index is 0.0985. The van der Waals surface area contributed by atoms with Crippen LogP contribution in [0.4, 0.5) is 8.78 Å². The molecule has 3 heterocycles. The highest BCUT2D eigenvalue weighted by molar-refractivity contribution is 7.11. The van der Waals surface area contributed by atoms with Crippen molar-refractivity contribution in [2.75, 3.05) is 40.5 Å². The molecule has 2 aliphatic rings. The standard InChI is InChI=1S/C23H24F2N4O5S/c1-23(13-4-5-14(24)15(25)10-13)18(22(31)33-3)16(27-19(28-23)20-26-6-9-35-20)11-29-7-8-34-12-17(29)21(30)32-2/h4-6,9-10,17H,7-8,11-12H2,1-3H3,(H,27,28). The van der Waals surface area contributed by atoms with E-state index in [1.54, 1.807) is 18.5 Å². The Morgan fingerprint density at radius 1 is 1.29 bits per heavy atom. The summed E-state index contributed by atoms with van der Waals surface area (Å²) in [6.07, 6.45) is 1.60. The van der Waals surface area contributed by atoms with Gasteiger partial charge in [0, 0.05) is 30.4 Å². The Bertz CT molecular complexity index is 1190. The first-order valence-corrected chi connectivity index (χ1v) is 11.6. The summed E-state index contributed by atoms with van der Waals surface area (Å²) in [5, 5.41) is 5.47. The number of morpholine rings is 1. The molecule has 0 spiro atoms. The number of aromatic nitrogens is 1. The van der Waals surface area contributed by atoms with Crippen molar-refractivity contribution in [3.05, 3.63) is 63.3 Å². The molecule has 4 rings (SSSR count). The van der Waals surface area contributed by atoms with Crippen LogP contribution in [0.2, 0.25) is 0 Å². The van der Waals surface area contributed by atoms with Gasteiger partial charge < -0.3 is 19.5 Å². The molecule has 2 unspecified atom stereocenters. The third-order valence-corrected chi connectivity index (χ3v) is 6.75. The summed E-state index contributed by atoms with van der Waals surface area (Å²) in [7, 11) is 2.52. The second-order valence-electron chi connectivity index (χ2n) is 8.05. The Morgan fingerprint density at radius 3 is 2.74 bits per heavy atom. The topological polar surface area (TPSA) is 102 Å². The Kier molecular flexibility index (Phi) is 7.24. The van der Waals surface area contributed by atoms with Gasteiger partial charge in [0.25, 0.3) is 0 Å². The van der Waals surface area contributed by atoms with E-state index in [1.165, 1.54) is 31.6 Å². The van der Waals surface area contributed by atoms with Crippen LogP contribution in [0.1, 0.15) is 17.5 Å². The molecular formula is C23H24F2N4O5S. The van der Waals surface area contributed by atoms with Crippen LogP contribution in [0.25, 0.3) is 0 Å². The predicted molar refractivity (Wildman–Crippen MR) is 123 cm³/mol. The Labute approximate surface area is 204 Å². The summed E-state index contributed by atoms with van der Waals surface area (Å²) < 4.78 is 43.5. The highest BCUT2D eigenvalue weighted by Crippen LogP contribution is 2.39. The van der Waals surface area contributed by atoms with Gasteiger partial charge in [-0.3, -0.25) is 9.69 Å². The first kappa shape index (κ1) is 24.9. The van der Waals surface area contributed by atoms with Gasteiger partial charge in [0.1, 0.15) is 11.6 Å². The third kappa shape index (κ3) is 4.81. The number of esters is 2. The minimum atomic E-state index is -1.45. The molecule has 0 bridgehead atoms. The summed E-state index contributed by atoms with van der Waals surface area (Å²) in [4.78, 5) is 36.3. The second kappa shape index (κ2) is 10.2. The fourth-order valence-electron chi connectivity index (χ4n) is 4.18. The molecule has 186 valence electrons. The summed E-state index contributed by atoms with van der Waals surface area (Å²) in [6, 6.07) is 2.68. The van der Waals surface area contributed by atoms with Crippen molar-refractivity contribution < 1.29 is 32.6 Å². The number of nitrogens with one attached hydrogen (secondary N) is 1. The Hall–Kier alpha value is -3.22. The van der Waals surface area contributed by atoms with Gasteiger partial charge in [-0.15, -0.1) is 11.3 Å². The van der Waals surface area contributed by atoms with Gasteiger partial charge >= 0.3 is 11.9 Å². The maximum Gasteiger partial charge on any atom is 0.338 e. The average molecular weight is 507 g/mol. The molecule has 0 radical (unpaired) electrons. The number of aliphatic imine (C=N–C) groups is 1. The molecule has 0 saturated carbocycles. The van der Waals surface area contributed by atoms with E-state index >= 15 is 0 Å². The van der Waals surface area contributed by atoms with Crippen LogP contribution in [0.3, 0.4) is 0 Å². The number of amidine groups is 1. The number of carbonyl (C=O) groups excluding carboxylic acids is 2. The number of nitrogens with zero attached hydrogens (tertiary/aromatic N) is 3. The molecule has 1 aromatic heterocycles. The lowest BCUT2D eigenvalue weighted by molar-refractivity contribution is -0.152. The lowest BCUT2D eigenvalue weighted by atomic mass is 9.82. The zero-order valence-electron chi connectivity index (χ0n) is 19.3. The number of hydrogen-bond donors (Lipinski definition) is 1. The lowest BCUT2D eigenvalue weighted by Gasteiger charge is -2.38. The zero-order valence-corrected chi connectivity index (χ0v) is 20.2. The van der Waals surface area contributed by atoms with Crippen LogP contribution < -0.4 is 5.32 Å². The van der Waals surface area contributed by atoms with Gasteiger partial charge in [0.2, 0.25) is 0 Å². The highest BCUT2D eigenvalue weighted by atomic mass is 32.1. The van der Waals surface area contributed by atoms with Crippen LogP contribution in [-0.4, -0.2) is 74.2 Å². The number of benzene rings is 1. The molecule has 0 amide bonds. The van der Waals surface area contributed by atoms with Crippen molar-refractivity contribution in [3.63, 3.8) is 0 Å². The summed E-state index contributed by atoms with van der Waals surface area (Å²) in [5.74, 6) is -2.92. The van der Waals surface area contributed by atoms with Crippen molar-refractivity contribution >= 4 is 29.1 Å². The van der Waals surface area contributed by atoms with E-state index in [0.29, 0.717) is 29.7 Å². The first-order valence-electron chi connectivity index (χ1n) is 10.7. The lowest BCUT2D eigenvalue weighted by Crippen LogP contribution is -2.53. The van der Waals surface area contributed by atoms with Gasteiger partial charge in [-0.1, -0.05) is 6.07 Å². The Morgan fingerprint density at radius 2 is 2.09 bits per heavy atom. The molecule has 1 saturated heterocycles. The van der Waals surface area contributed by atoms with E-state index in [4.69, 9.17) is 19.2 Å². The molecular weight excluding hydrogens is 482 g/mol. The van der Waals surface area contributed by atoms with Gasteiger partial charge in [-0.2, -0.15) is 0 Å². The third-order valence-electron chi connectivity index (χ3n) is 5.97. The zero-order chi connectivity index (χ0) is 25.2. The van der Waals surface area contributed by atoms with E-state index < -0.39 is 35.2 Å². The molecule has 0 aliphatic carbocycles. The van der Waals surface area contributed by atoms with Crippen molar-refractivity contribution in [1.82, 2.24) is 15.2 Å². The van der Waals surface area contributed by atoms with Gasteiger partial charge in [0.05, 0.1) is 33.0 Å². The van der Waals surface area contributed by atoms with E-state index in [9.17, 15) is 18.4 Å². The monoisotopic (exact) mass is 506 g/mol. The molecule has 1 N–H and O–H groups in total. The largest absolute Gasteiger partial charge is 0.468 e. The smallest absolute Gasteiger partial charge is 0.338 e. The molecule has 35 heavy (non-hydrogen) atoms. The normalized spacial score (nSPS) is 22.9. The van der Waals surface area contributed by atoms with E-state index in [0.717, 1.165) is 12.1 Å². The fraction of sp³-hybridized carbons (Fsp3) is 0.391. The predicted octanol–water partition coefficient (Wildman–Crippen LogP) is 1.99. The minimum Gasteiger partial charge on any atom is -0.468 e. The molecule has 2 aliphatic heterocycles. The molecule has 1 fully saturated rings. The van der Waals surface area contributed by atoms with Crippen LogP contribution in [-0.2, 0) is 29.3 Å². The molecule has 9 nitrogen and oxygen atoms in total. The fourth-order valence-corrected chi connectivity index (χ4v) is 4.76. The van der Waals surface area contributed by atoms with E-state index in [2.05, 4.69) is 10.3 Å². The van der Waals surface area contributed by atoms with Crippen molar-refractivity contribution in [1.29, 1.82) is 0 Å². The second-order valence-corrected chi connectivity index (χ2v) is 8.95. The number of carbonyl (C=O) groups is 2. The first-order chi connectivity index (χ1) is 16.8. The highest BCUT2D eigenvalue weighted by Gasteiger charge is 2.44. The number of rotatable bonds is 6. The van der Waals surface area contributed by atoms with Crippen LogP contribution in [0.5, 0.6) is 0 Å². The quantitative estimate of drug-likeness (QED) is 0.594. The van der Waals surface area contributed by atoms with Gasteiger partial charge in [-0.25, -0.2) is 23.6 Å². The van der Waals surface area contributed by atoms with E-state index in [1.807, 2.05) is 4.90 Å². The number of methoxy groups -OCH3 is 2. The van der Waals surface area contributed by atoms with Crippen LogP contribution in [0, 0.1) is 11.6 Å². The summed E-state index contributed by atoms with van der Waals surface area (Å²) in [6.45, 7) is 2.63. The molecule has 12 heteroatoms. The molecule has 2 atom stereocenters. The molecule has 2 aromatic rings. The number of thiazole rings is 1. The van der Waals surface area contributed by atoms with Crippen LogP contribution in [0.15, 0.2) is 46.0 Å². The van der Waals surface area contributed by atoms with E-state index in [-0.39, 0.29) is 24.3 Å². The summed E-state index contributed by atoms with van der Waals surface area (Å²) in [5.41, 5.74) is -0.714. The number of hydrogen-bond acceptors (Lipinski definition) is 10.